The minimum Gasteiger partial charge on any atom is -0.396 e. The van der Waals surface area contributed by atoms with Gasteiger partial charge in [-0.3, -0.25) is 0 Å². The number of aliphatic hydroxyl groups is 1. The molecule has 0 radical (unpaired) electrons. The first-order valence-corrected chi connectivity index (χ1v) is 3.85. The Morgan fingerprint density at radius 3 is 3.10 bits per heavy atom. The summed E-state index contributed by atoms with van der Waals surface area (Å²) in [6, 6.07) is 0. The Labute approximate surface area is 62.1 Å². The van der Waals surface area contributed by atoms with Crippen LogP contribution in [0.1, 0.15) is 19.8 Å². The van der Waals surface area contributed by atoms with Gasteiger partial charge in [0.2, 0.25) is 0 Å². The molecule has 0 fully saturated rings. The zero-order chi connectivity index (χ0) is 7.40. The van der Waals surface area contributed by atoms with Crippen molar-refractivity contribution in [2.45, 2.75) is 19.8 Å². The molecule has 0 bridgehead atoms. The smallest absolute Gasteiger partial charge is 0.0496 e. The summed E-state index contributed by atoms with van der Waals surface area (Å²) in [4.78, 5) is 0. The summed E-state index contributed by atoms with van der Waals surface area (Å²) >= 11 is 0. The molecule has 56 valence electrons. The average molecular weight is 138 g/mol. The van der Waals surface area contributed by atoms with E-state index < -0.39 is 0 Å². The van der Waals surface area contributed by atoms with Crippen molar-refractivity contribution in [3.8, 4) is 0 Å². The summed E-state index contributed by atoms with van der Waals surface area (Å²) < 4.78 is 0. The lowest BCUT2D eigenvalue weighted by Crippen LogP contribution is -2.04. The Kier molecular flexibility index (Phi) is 2.69. The molecular weight excluding hydrogens is 124 g/mol. The van der Waals surface area contributed by atoms with E-state index in [0.29, 0.717) is 5.92 Å². The van der Waals surface area contributed by atoms with Gasteiger partial charge < -0.3 is 5.11 Å². The molecule has 1 aliphatic carbocycles. The van der Waals surface area contributed by atoms with Gasteiger partial charge in [-0.25, -0.2) is 0 Å². The van der Waals surface area contributed by atoms with Crippen molar-refractivity contribution in [3.05, 3.63) is 23.8 Å². The maximum Gasteiger partial charge on any atom is 0.0496 e. The number of hydrogen-bond acceptors (Lipinski definition) is 1. The van der Waals surface area contributed by atoms with Gasteiger partial charge in [-0.15, -0.1) is 0 Å². The molecule has 1 rings (SSSR count). The van der Waals surface area contributed by atoms with Crippen molar-refractivity contribution in [1.29, 1.82) is 0 Å². The van der Waals surface area contributed by atoms with Crippen LogP contribution in [-0.4, -0.2) is 11.7 Å². The highest BCUT2D eigenvalue weighted by atomic mass is 16.3. The summed E-state index contributed by atoms with van der Waals surface area (Å²) in [5.74, 6) is 0.375. The van der Waals surface area contributed by atoms with Crippen molar-refractivity contribution in [2.75, 3.05) is 6.61 Å². The molecule has 0 aromatic rings. The Hall–Kier alpha value is -0.560. The van der Waals surface area contributed by atoms with Crippen molar-refractivity contribution < 1.29 is 5.11 Å². The van der Waals surface area contributed by atoms with E-state index in [-0.39, 0.29) is 6.61 Å². The van der Waals surface area contributed by atoms with Crippen LogP contribution in [0.5, 0.6) is 0 Å². The van der Waals surface area contributed by atoms with Gasteiger partial charge in [0.15, 0.2) is 0 Å². The second kappa shape index (κ2) is 3.57. The Balaban J connectivity index is 2.56. The van der Waals surface area contributed by atoms with Crippen LogP contribution >= 0.6 is 0 Å². The largest absolute Gasteiger partial charge is 0.396 e. The van der Waals surface area contributed by atoms with E-state index in [2.05, 4.69) is 25.2 Å². The van der Waals surface area contributed by atoms with Crippen molar-refractivity contribution >= 4 is 0 Å². The first-order valence-electron chi connectivity index (χ1n) is 3.85. The third-order valence-corrected chi connectivity index (χ3v) is 1.86. The zero-order valence-electron chi connectivity index (χ0n) is 6.38. The van der Waals surface area contributed by atoms with Crippen molar-refractivity contribution in [2.24, 2.45) is 5.92 Å². The van der Waals surface area contributed by atoms with Crippen LogP contribution in [0.25, 0.3) is 0 Å². The van der Waals surface area contributed by atoms with Crippen molar-refractivity contribution in [1.82, 2.24) is 0 Å². The van der Waals surface area contributed by atoms with E-state index in [1.807, 2.05) is 0 Å². The molecule has 1 nitrogen and oxygen atoms in total. The lowest BCUT2D eigenvalue weighted by Gasteiger charge is -2.12. The van der Waals surface area contributed by atoms with E-state index >= 15 is 0 Å². The zero-order valence-corrected chi connectivity index (χ0v) is 6.38. The molecule has 0 aliphatic heterocycles. The minimum atomic E-state index is 0.286. The van der Waals surface area contributed by atoms with Crippen LogP contribution in [0.4, 0.5) is 0 Å². The number of rotatable bonds is 2. The highest BCUT2D eigenvalue weighted by Gasteiger charge is 2.05. The summed E-state index contributed by atoms with van der Waals surface area (Å²) in [5.41, 5.74) is 1.35. The summed E-state index contributed by atoms with van der Waals surface area (Å²) in [6.45, 7) is 2.42. The molecule has 1 heteroatoms. The molecule has 0 saturated carbocycles. The second-order valence-corrected chi connectivity index (χ2v) is 2.68. The lowest BCUT2D eigenvalue weighted by atomic mass is 9.96. The second-order valence-electron chi connectivity index (χ2n) is 2.68. The summed E-state index contributed by atoms with van der Waals surface area (Å²) in [6.07, 6.45) is 8.53. The van der Waals surface area contributed by atoms with Crippen LogP contribution in [0.2, 0.25) is 0 Å². The van der Waals surface area contributed by atoms with E-state index in [0.717, 1.165) is 12.8 Å². The highest BCUT2D eigenvalue weighted by Crippen LogP contribution is 2.17. The molecule has 1 aliphatic rings. The van der Waals surface area contributed by atoms with Gasteiger partial charge in [0.1, 0.15) is 0 Å². The van der Waals surface area contributed by atoms with Crippen LogP contribution < -0.4 is 0 Å². The summed E-state index contributed by atoms with van der Waals surface area (Å²) in [5, 5.41) is 8.83. The standard InChI is InChI=1S/C9H14O/c1-2-8-4-3-5-9(6-8)7-10/h3-4,6,9-10H,2,5,7H2,1H3. The number of aliphatic hydroxyl groups excluding tert-OH is 1. The highest BCUT2D eigenvalue weighted by molar-refractivity contribution is 5.23. The van der Waals surface area contributed by atoms with Crippen LogP contribution in [-0.2, 0) is 0 Å². The van der Waals surface area contributed by atoms with E-state index in [1.165, 1.54) is 5.57 Å². The maximum atomic E-state index is 8.83. The predicted octanol–water partition coefficient (Wildman–Crippen LogP) is 1.89. The van der Waals surface area contributed by atoms with Gasteiger partial charge in [-0.05, 0) is 12.8 Å². The van der Waals surface area contributed by atoms with Gasteiger partial charge in [-0.2, -0.15) is 0 Å². The number of allylic oxidation sites excluding steroid dienone is 3. The average Bonchev–Trinajstić information content (AvgIpc) is 2.05. The molecule has 1 atom stereocenters. The van der Waals surface area contributed by atoms with Crippen LogP contribution in [0.15, 0.2) is 23.8 Å². The Bertz CT molecular complexity index is 156. The molecule has 10 heavy (non-hydrogen) atoms. The molecular formula is C9H14O. The molecule has 0 aromatic carbocycles. The monoisotopic (exact) mass is 138 g/mol. The van der Waals surface area contributed by atoms with E-state index in [4.69, 9.17) is 5.11 Å². The van der Waals surface area contributed by atoms with Gasteiger partial charge in [-0.1, -0.05) is 30.7 Å². The van der Waals surface area contributed by atoms with E-state index in [1.54, 1.807) is 0 Å². The fourth-order valence-corrected chi connectivity index (χ4v) is 1.18. The lowest BCUT2D eigenvalue weighted by molar-refractivity contribution is 0.252. The predicted molar refractivity (Wildman–Crippen MR) is 42.7 cm³/mol. The maximum absolute atomic E-state index is 8.83. The van der Waals surface area contributed by atoms with Crippen molar-refractivity contribution in [3.63, 3.8) is 0 Å². The molecule has 0 saturated heterocycles. The van der Waals surface area contributed by atoms with Gasteiger partial charge in [0, 0.05) is 12.5 Å². The topological polar surface area (TPSA) is 20.2 Å². The first-order chi connectivity index (χ1) is 4.86. The van der Waals surface area contributed by atoms with Crippen LogP contribution in [0, 0.1) is 5.92 Å². The SMILES string of the molecule is CCC1=CC(CO)CC=C1. The van der Waals surface area contributed by atoms with E-state index in [9.17, 15) is 0 Å². The van der Waals surface area contributed by atoms with Gasteiger partial charge in [0.25, 0.3) is 0 Å². The fraction of sp³-hybridized carbons (Fsp3) is 0.556. The minimum absolute atomic E-state index is 0.286. The third kappa shape index (κ3) is 1.71. The Morgan fingerprint density at radius 1 is 1.70 bits per heavy atom. The Morgan fingerprint density at radius 2 is 2.50 bits per heavy atom. The molecule has 0 spiro atoms. The van der Waals surface area contributed by atoms with Crippen LogP contribution in [0.3, 0.4) is 0 Å². The molecule has 0 amide bonds. The molecule has 0 aromatic heterocycles. The molecule has 1 N–H and O–H groups in total. The number of hydrogen-bond donors (Lipinski definition) is 1. The first kappa shape index (κ1) is 7.55. The third-order valence-electron chi connectivity index (χ3n) is 1.86. The van der Waals surface area contributed by atoms with Gasteiger partial charge in [0.05, 0.1) is 0 Å². The van der Waals surface area contributed by atoms with Gasteiger partial charge >= 0.3 is 0 Å². The quantitative estimate of drug-likeness (QED) is 0.617. The fourth-order valence-electron chi connectivity index (χ4n) is 1.18. The molecule has 0 heterocycles. The summed E-state index contributed by atoms with van der Waals surface area (Å²) in [7, 11) is 0. The normalized spacial score (nSPS) is 24.6. The molecule has 1 unspecified atom stereocenters.